The highest BCUT2D eigenvalue weighted by molar-refractivity contribution is 7.90. The fourth-order valence-corrected chi connectivity index (χ4v) is 3.97. The number of amides is 1. The van der Waals surface area contributed by atoms with E-state index in [1.807, 2.05) is 0 Å². The molecule has 0 saturated carbocycles. The number of carbonyl (C=O) groups excluding carboxylic acids is 2. The van der Waals surface area contributed by atoms with Gasteiger partial charge in [-0.05, 0) is 37.5 Å². The van der Waals surface area contributed by atoms with Crippen LogP contribution in [0.3, 0.4) is 0 Å². The van der Waals surface area contributed by atoms with Crippen molar-refractivity contribution in [2.24, 2.45) is 0 Å². The molecule has 0 spiro atoms. The zero-order valence-corrected chi connectivity index (χ0v) is 16.2. The average molecular weight is 392 g/mol. The molecule has 1 aliphatic rings. The van der Waals surface area contributed by atoms with Crippen molar-refractivity contribution in [1.82, 2.24) is 4.90 Å². The van der Waals surface area contributed by atoms with Gasteiger partial charge < -0.3 is 9.64 Å². The minimum absolute atomic E-state index is 0.190. The summed E-state index contributed by atoms with van der Waals surface area (Å²) in [4.78, 5) is 26.4. The van der Waals surface area contributed by atoms with Gasteiger partial charge in [-0.3, -0.25) is 4.79 Å². The molecule has 1 saturated heterocycles. The Labute approximate surface area is 159 Å². The quantitative estimate of drug-likeness (QED) is 0.687. The van der Waals surface area contributed by atoms with Crippen LogP contribution in [0.5, 0.6) is 0 Å². The normalized spacial score (nSPS) is 16.1. The monoisotopic (exact) mass is 392 g/mol. The number of sulfone groups is 1. The van der Waals surface area contributed by atoms with Gasteiger partial charge in [-0.25, -0.2) is 13.2 Å². The second-order valence-corrected chi connectivity index (χ2v) is 8.74. The first-order chi connectivity index (χ1) is 12.8. The van der Waals surface area contributed by atoms with Crippen molar-refractivity contribution >= 4 is 21.7 Å². The second kappa shape index (κ2) is 9.51. The first-order valence-corrected chi connectivity index (χ1v) is 10.8. The number of nitrogens with zero attached hydrogens (tertiary/aromatic N) is 2. The minimum atomic E-state index is -3.49. The third kappa shape index (κ3) is 6.36. The molecule has 1 heterocycles. The summed E-state index contributed by atoms with van der Waals surface area (Å²) < 4.78 is 28.6. The number of hydrogen-bond acceptors (Lipinski definition) is 6. The van der Waals surface area contributed by atoms with Crippen LogP contribution < -0.4 is 0 Å². The molecule has 0 aliphatic carbocycles. The largest absolute Gasteiger partial charge is 0.449 e. The van der Waals surface area contributed by atoms with E-state index in [0.717, 1.165) is 25.7 Å². The lowest BCUT2D eigenvalue weighted by Crippen LogP contribution is -2.40. The summed E-state index contributed by atoms with van der Waals surface area (Å²) in [7, 11) is -3.49. The van der Waals surface area contributed by atoms with Gasteiger partial charge in [-0.15, -0.1) is 0 Å². The molecule has 0 aromatic heterocycles. The van der Waals surface area contributed by atoms with Crippen molar-refractivity contribution in [3.63, 3.8) is 0 Å². The predicted molar refractivity (Wildman–Crippen MR) is 99.5 cm³/mol. The van der Waals surface area contributed by atoms with Crippen molar-refractivity contribution in [3.05, 3.63) is 35.4 Å². The summed E-state index contributed by atoms with van der Waals surface area (Å²) in [6, 6.07) is 7.56. The Morgan fingerprint density at radius 1 is 1.15 bits per heavy atom. The summed E-state index contributed by atoms with van der Waals surface area (Å²) in [5.41, 5.74) is 0.724. The average Bonchev–Trinajstić information content (AvgIpc) is 2.90. The van der Waals surface area contributed by atoms with Gasteiger partial charge in [0.15, 0.2) is 15.9 Å². The Balaban J connectivity index is 1.95. The maximum absolute atomic E-state index is 12.4. The Morgan fingerprint density at radius 2 is 1.74 bits per heavy atom. The van der Waals surface area contributed by atoms with Crippen LogP contribution in [-0.2, 0) is 25.1 Å². The van der Waals surface area contributed by atoms with E-state index in [-0.39, 0.29) is 17.2 Å². The molecule has 27 heavy (non-hydrogen) atoms. The molecule has 0 unspecified atom stereocenters. The van der Waals surface area contributed by atoms with Crippen LogP contribution in [0.15, 0.2) is 24.3 Å². The molecule has 7 nitrogen and oxygen atoms in total. The summed E-state index contributed by atoms with van der Waals surface area (Å²) >= 11 is 0. The molecule has 0 radical (unpaired) electrons. The van der Waals surface area contributed by atoms with Gasteiger partial charge in [0.1, 0.15) is 5.75 Å². The van der Waals surface area contributed by atoms with Crippen LogP contribution in [0.4, 0.5) is 0 Å². The Hall–Kier alpha value is -2.40. The summed E-state index contributed by atoms with van der Waals surface area (Å²) in [6.07, 6.45) is 3.26. The third-order valence-electron chi connectivity index (χ3n) is 4.41. The molecule has 1 aliphatic heterocycles. The van der Waals surface area contributed by atoms with Crippen LogP contribution in [0.25, 0.3) is 0 Å². The SMILES string of the molecule is C[C@H](OC(=O)c1ccc(CS(=O)(=O)CC#N)cc1)C(=O)N1CCCCCC1. The smallest absolute Gasteiger partial charge is 0.338 e. The fourth-order valence-electron chi connectivity index (χ4n) is 2.97. The van der Waals surface area contributed by atoms with Gasteiger partial charge in [0.05, 0.1) is 17.4 Å². The van der Waals surface area contributed by atoms with Crippen LogP contribution in [0.2, 0.25) is 0 Å². The van der Waals surface area contributed by atoms with E-state index in [0.29, 0.717) is 18.7 Å². The van der Waals surface area contributed by atoms with Gasteiger partial charge in [0.25, 0.3) is 5.91 Å². The van der Waals surface area contributed by atoms with Gasteiger partial charge in [-0.1, -0.05) is 25.0 Å². The van der Waals surface area contributed by atoms with Crippen molar-refractivity contribution in [2.45, 2.75) is 44.5 Å². The zero-order chi connectivity index (χ0) is 19.9. The lowest BCUT2D eigenvalue weighted by atomic mass is 10.1. The standard InChI is InChI=1S/C19H24N2O5S/c1-15(18(22)21-11-4-2-3-5-12-21)26-19(23)17-8-6-16(7-9-17)14-27(24,25)13-10-20/h6-9,15H,2-5,11-14H2,1H3/t15-/m0/s1. The molecule has 1 atom stereocenters. The molecule has 146 valence electrons. The number of hydrogen-bond donors (Lipinski definition) is 0. The number of carbonyl (C=O) groups is 2. The summed E-state index contributed by atoms with van der Waals surface area (Å²) in [5, 5.41) is 8.51. The predicted octanol–water partition coefficient (Wildman–Crippen LogP) is 2.07. The lowest BCUT2D eigenvalue weighted by molar-refractivity contribution is -0.139. The highest BCUT2D eigenvalue weighted by Crippen LogP contribution is 2.14. The van der Waals surface area contributed by atoms with E-state index in [1.165, 1.54) is 24.3 Å². The topological polar surface area (TPSA) is 105 Å². The van der Waals surface area contributed by atoms with Gasteiger partial charge in [0.2, 0.25) is 0 Å². The molecule has 1 aromatic carbocycles. The number of ether oxygens (including phenoxy) is 1. The maximum Gasteiger partial charge on any atom is 0.338 e. The molecule has 0 bridgehead atoms. The summed E-state index contributed by atoms with van der Waals surface area (Å²) in [6.45, 7) is 2.94. The van der Waals surface area contributed by atoms with Gasteiger partial charge >= 0.3 is 5.97 Å². The molecule has 1 fully saturated rings. The molecule has 0 N–H and O–H groups in total. The number of nitriles is 1. The number of rotatable bonds is 6. The van der Waals surface area contributed by atoms with Crippen LogP contribution >= 0.6 is 0 Å². The van der Waals surface area contributed by atoms with Gasteiger partial charge in [-0.2, -0.15) is 5.26 Å². The molecule has 1 amide bonds. The van der Waals surface area contributed by atoms with E-state index < -0.39 is 27.7 Å². The first kappa shape index (κ1) is 20.9. The Bertz CT molecular complexity index is 803. The minimum Gasteiger partial charge on any atom is -0.449 e. The zero-order valence-electron chi connectivity index (χ0n) is 15.4. The van der Waals surface area contributed by atoms with Crippen LogP contribution in [0, 0.1) is 11.3 Å². The number of benzene rings is 1. The fraction of sp³-hybridized carbons (Fsp3) is 0.526. The van der Waals surface area contributed by atoms with E-state index in [4.69, 9.17) is 10.00 Å². The third-order valence-corrected chi connectivity index (χ3v) is 5.75. The Morgan fingerprint density at radius 3 is 2.30 bits per heavy atom. The first-order valence-electron chi connectivity index (χ1n) is 8.98. The number of likely N-dealkylation sites (tertiary alicyclic amines) is 1. The molecular formula is C19H24N2O5S. The lowest BCUT2D eigenvalue weighted by Gasteiger charge is -2.24. The number of esters is 1. The van der Waals surface area contributed by atoms with E-state index in [9.17, 15) is 18.0 Å². The maximum atomic E-state index is 12.4. The van der Waals surface area contributed by atoms with E-state index >= 15 is 0 Å². The van der Waals surface area contributed by atoms with Gasteiger partial charge in [0, 0.05) is 13.1 Å². The van der Waals surface area contributed by atoms with Crippen LogP contribution in [0.1, 0.15) is 48.5 Å². The van der Waals surface area contributed by atoms with E-state index in [2.05, 4.69) is 0 Å². The highest BCUT2D eigenvalue weighted by atomic mass is 32.2. The van der Waals surface area contributed by atoms with Crippen molar-refractivity contribution in [3.8, 4) is 6.07 Å². The van der Waals surface area contributed by atoms with Crippen molar-refractivity contribution in [2.75, 3.05) is 18.8 Å². The van der Waals surface area contributed by atoms with Crippen molar-refractivity contribution < 1.29 is 22.7 Å². The Kier molecular flexibility index (Phi) is 7.36. The van der Waals surface area contributed by atoms with Crippen LogP contribution in [-0.4, -0.2) is 50.1 Å². The summed E-state index contributed by atoms with van der Waals surface area (Å²) in [5.74, 6) is -1.63. The van der Waals surface area contributed by atoms with E-state index in [1.54, 1.807) is 17.9 Å². The van der Waals surface area contributed by atoms with Crippen molar-refractivity contribution in [1.29, 1.82) is 5.26 Å². The molecular weight excluding hydrogens is 368 g/mol. The molecule has 1 aromatic rings. The molecule has 8 heteroatoms. The second-order valence-electron chi connectivity index (χ2n) is 6.67. The molecule has 2 rings (SSSR count). The highest BCUT2D eigenvalue weighted by Gasteiger charge is 2.25.